The summed E-state index contributed by atoms with van der Waals surface area (Å²) in [4.78, 5) is 2.49. The largest absolute Gasteiger partial charge is 0.313 e. The van der Waals surface area contributed by atoms with Crippen molar-refractivity contribution in [3.05, 3.63) is 0 Å². The van der Waals surface area contributed by atoms with Gasteiger partial charge in [0.15, 0.2) is 9.84 Å². The zero-order chi connectivity index (χ0) is 14.5. The van der Waals surface area contributed by atoms with E-state index in [9.17, 15) is 8.42 Å². The topological polar surface area (TPSA) is 49.4 Å². The lowest BCUT2D eigenvalue weighted by Gasteiger charge is -2.32. The first-order valence-corrected chi connectivity index (χ1v) is 9.09. The average molecular weight is 290 g/mol. The standard InChI is InChI=1S/C14H30N2O2S/c1-5-9-16-10-6-13(7-11-16)15-8-12-19(17,18)14(2,3)4/h13,15H,5-12H2,1-4H3. The molecule has 0 unspecified atom stereocenters. The predicted octanol–water partition coefficient (Wildman–Crippen LogP) is 1.66. The lowest BCUT2D eigenvalue weighted by atomic mass is 10.1. The number of likely N-dealkylation sites (tertiary alicyclic amines) is 1. The minimum absolute atomic E-state index is 0.242. The fourth-order valence-corrected chi connectivity index (χ4v) is 3.38. The fourth-order valence-electron chi connectivity index (χ4n) is 2.38. The molecular formula is C14H30N2O2S. The second-order valence-electron chi connectivity index (χ2n) is 6.50. The van der Waals surface area contributed by atoms with E-state index in [1.165, 1.54) is 13.0 Å². The molecular weight excluding hydrogens is 260 g/mol. The fraction of sp³-hybridized carbons (Fsp3) is 1.00. The molecule has 0 amide bonds. The zero-order valence-electron chi connectivity index (χ0n) is 12.9. The molecule has 1 N–H and O–H groups in total. The Hall–Kier alpha value is -0.130. The smallest absolute Gasteiger partial charge is 0.156 e. The van der Waals surface area contributed by atoms with Gasteiger partial charge in [-0.05, 0) is 59.7 Å². The van der Waals surface area contributed by atoms with Gasteiger partial charge in [0.05, 0.1) is 10.5 Å². The normalized spacial score (nSPS) is 19.8. The molecule has 19 heavy (non-hydrogen) atoms. The minimum atomic E-state index is -2.99. The van der Waals surface area contributed by atoms with E-state index in [1.807, 2.05) is 0 Å². The Bertz CT molecular complexity index is 352. The van der Waals surface area contributed by atoms with E-state index in [1.54, 1.807) is 20.8 Å². The lowest BCUT2D eigenvalue weighted by Crippen LogP contribution is -2.44. The number of sulfone groups is 1. The third-order valence-electron chi connectivity index (χ3n) is 3.86. The average Bonchev–Trinajstić information content (AvgIpc) is 2.30. The Labute approximate surface area is 118 Å². The van der Waals surface area contributed by atoms with Crippen LogP contribution in [-0.2, 0) is 9.84 Å². The van der Waals surface area contributed by atoms with Crippen LogP contribution in [0.1, 0.15) is 47.0 Å². The molecule has 1 saturated heterocycles. The number of nitrogens with one attached hydrogen (secondary N) is 1. The van der Waals surface area contributed by atoms with Gasteiger partial charge in [-0.15, -0.1) is 0 Å². The third kappa shape index (κ3) is 5.40. The highest BCUT2D eigenvalue weighted by atomic mass is 32.2. The van der Waals surface area contributed by atoms with Gasteiger partial charge in [0.2, 0.25) is 0 Å². The van der Waals surface area contributed by atoms with Crippen LogP contribution in [0.25, 0.3) is 0 Å². The van der Waals surface area contributed by atoms with Gasteiger partial charge in [0, 0.05) is 12.6 Å². The van der Waals surface area contributed by atoms with Crippen LogP contribution in [0.4, 0.5) is 0 Å². The highest BCUT2D eigenvalue weighted by molar-refractivity contribution is 7.92. The summed E-state index contributed by atoms with van der Waals surface area (Å²) in [5.74, 6) is 0.242. The van der Waals surface area contributed by atoms with Crippen LogP contribution in [0.15, 0.2) is 0 Å². The molecule has 1 fully saturated rings. The van der Waals surface area contributed by atoms with Gasteiger partial charge >= 0.3 is 0 Å². The number of hydrogen-bond acceptors (Lipinski definition) is 4. The monoisotopic (exact) mass is 290 g/mol. The number of nitrogens with zero attached hydrogens (tertiary/aromatic N) is 1. The highest BCUT2D eigenvalue weighted by Crippen LogP contribution is 2.16. The molecule has 0 radical (unpaired) electrons. The summed E-state index contributed by atoms with van der Waals surface area (Å²) >= 11 is 0. The number of rotatable bonds is 6. The summed E-state index contributed by atoms with van der Waals surface area (Å²) in [6.07, 6.45) is 3.48. The van der Waals surface area contributed by atoms with Crippen LogP contribution in [0.3, 0.4) is 0 Å². The van der Waals surface area contributed by atoms with E-state index in [0.29, 0.717) is 12.6 Å². The maximum atomic E-state index is 12.0. The zero-order valence-corrected chi connectivity index (χ0v) is 13.7. The summed E-state index contributed by atoms with van der Waals surface area (Å²) in [6.45, 7) is 11.6. The van der Waals surface area contributed by atoms with Gasteiger partial charge in [-0.2, -0.15) is 0 Å². The van der Waals surface area contributed by atoms with E-state index < -0.39 is 14.6 Å². The molecule has 0 aliphatic carbocycles. The summed E-state index contributed by atoms with van der Waals surface area (Å²) < 4.78 is 23.3. The Morgan fingerprint density at radius 2 is 1.79 bits per heavy atom. The summed E-state index contributed by atoms with van der Waals surface area (Å²) in [5.41, 5.74) is 0. The Balaban J connectivity index is 2.25. The molecule has 1 rings (SSSR count). The molecule has 0 aromatic carbocycles. The van der Waals surface area contributed by atoms with Crippen molar-refractivity contribution >= 4 is 9.84 Å². The number of hydrogen-bond donors (Lipinski definition) is 1. The summed E-state index contributed by atoms with van der Waals surface area (Å²) in [7, 11) is -2.99. The van der Waals surface area contributed by atoms with Crippen molar-refractivity contribution in [2.24, 2.45) is 0 Å². The highest BCUT2D eigenvalue weighted by Gasteiger charge is 2.28. The van der Waals surface area contributed by atoms with Crippen LogP contribution in [-0.4, -0.2) is 56.0 Å². The van der Waals surface area contributed by atoms with Crippen molar-refractivity contribution in [2.75, 3.05) is 31.9 Å². The van der Waals surface area contributed by atoms with E-state index >= 15 is 0 Å². The summed E-state index contributed by atoms with van der Waals surface area (Å²) in [6, 6.07) is 0.489. The van der Waals surface area contributed by atoms with Crippen molar-refractivity contribution in [1.29, 1.82) is 0 Å². The molecule has 0 saturated carbocycles. The molecule has 1 heterocycles. The Morgan fingerprint density at radius 3 is 2.26 bits per heavy atom. The Morgan fingerprint density at radius 1 is 1.21 bits per heavy atom. The predicted molar refractivity (Wildman–Crippen MR) is 81.3 cm³/mol. The van der Waals surface area contributed by atoms with Gasteiger partial charge < -0.3 is 10.2 Å². The van der Waals surface area contributed by atoms with E-state index in [2.05, 4.69) is 17.1 Å². The molecule has 5 heteroatoms. The SMILES string of the molecule is CCCN1CCC(NCCS(=O)(=O)C(C)(C)C)CC1. The molecule has 4 nitrogen and oxygen atoms in total. The lowest BCUT2D eigenvalue weighted by molar-refractivity contribution is 0.199. The first kappa shape index (κ1) is 16.9. The first-order valence-electron chi connectivity index (χ1n) is 7.44. The maximum absolute atomic E-state index is 12.0. The quantitative estimate of drug-likeness (QED) is 0.808. The van der Waals surface area contributed by atoms with Crippen LogP contribution < -0.4 is 5.32 Å². The number of piperidine rings is 1. The van der Waals surface area contributed by atoms with Crippen LogP contribution in [0.2, 0.25) is 0 Å². The van der Waals surface area contributed by atoms with Crippen molar-refractivity contribution in [3.8, 4) is 0 Å². The van der Waals surface area contributed by atoms with E-state index in [-0.39, 0.29) is 5.75 Å². The van der Waals surface area contributed by atoms with E-state index in [4.69, 9.17) is 0 Å². The molecule has 0 atom stereocenters. The van der Waals surface area contributed by atoms with E-state index in [0.717, 1.165) is 25.9 Å². The molecule has 114 valence electrons. The molecule has 1 aliphatic rings. The Kier molecular flexibility index (Phi) is 6.27. The molecule has 0 spiro atoms. The van der Waals surface area contributed by atoms with Gasteiger partial charge in [-0.1, -0.05) is 6.92 Å². The first-order chi connectivity index (χ1) is 8.76. The van der Waals surface area contributed by atoms with Gasteiger partial charge in [-0.25, -0.2) is 8.42 Å². The summed E-state index contributed by atoms with van der Waals surface area (Å²) in [5, 5.41) is 3.41. The van der Waals surface area contributed by atoms with Gasteiger partial charge in [0.1, 0.15) is 0 Å². The third-order valence-corrected chi connectivity index (χ3v) is 6.47. The van der Waals surface area contributed by atoms with Crippen LogP contribution >= 0.6 is 0 Å². The molecule has 0 aromatic rings. The second-order valence-corrected chi connectivity index (χ2v) is 9.36. The van der Waals surface area contributed by atoms with Crippen molar-refractivity contribution in [1.82, 2.24) is 10.2 Å². The van der Waals surface area contributed by atoms with Crippen molar-refractivity contribution in [3.63, 3.8) is 0 Å². The second kappa shape index (κ2) is 7.04. The molecule has 0 aromatic heterocycles. The van der Waals surface area contributed by atoms with Crippen LogP contribution in [0.5, 0.6) is 0 Å². The molecule has 0 bridgehead atoms. The maximum Gasteiger partial charge on any atom is 0.156 e. The van der Waals surface area contributed by atoms with Crippen molar-refractivity contribution in [2.45, 2.75) is 57.7 Å². The molecule has 1 aliphatic heterocycles. The minimum Gasteiger partial charge on any atom is -0.313 e. The van der Waals surface area contributed by atoms with Gasteiger partial charge in [0.25, 0.3) is 0 Å². The van der Waals surface area contributed by atoms with Gasteiger partial charge in [-0.3, -0.25) is 0 Å². The van der Waals surface area contributed by atoms with Crippen molar-refractivity contribution < 1.29 is 8.42 Å². The van der Waals surface area contributed by atoms with Crippen LogP contribution in [0, 0.1) is 0 Å².